The molecule has 1 aliphatic rings. The summed E-state index contributed by atoms with van der Waals surface area (Å²) in [5.41, 5.74) is 3.48. The zero-order valence-electron chi connectivity index (χ0n) is 10.2. The number of aromatic nitrogens is 2. The molecule has 17 heavy (non-hydrogen) atoms. The highest BCUT2D eigenvalue weighted by atomic mass is 15.2. The van der Waals surface area contributed by atoms with Gasteiger partial charge in [-0.3, -0.25) is 4.90 Å². The summed E-state index contributed by atoms with van der Waals surface area (Å²) in [7, 11) is 0. The fraction of sp³-hybridized carbons (Fsp3) is 0.462. The SMILES string of the molecule is Cc1cn2ccc(CN3CCNCC3)cc2n1. The van der Waals surface area contributed by atoms with Crippen LogP contribution < -0.4 is 5.32 Å². The van der Waals surface area contributed by atoms with Crippen LogP contribution in [-0.4, -0.2) is 40.5 Å². The Morgan fingerprint density at radius 2 is 2.18 bits per heavy atom. The maximum absolute atomic E-state index is 4.50. The minimum absolute atomic E-state index is 1.03. The van der Waals surface area contributed by atoms with Gasteiger partial charge in [0.05, 0.1) is 5.69 Å². The summed E-state index contributed by atoms with van der Waals surface area (Å²) >= 11 is 0. The number of piperazine rings is 1. The van der Waals surface area contributed by atoms with E-state index in [4.69, 9.17) is 0 Å². The first-order chi connectivity index (χ1) is 8.31. The number of nitrogens with zero attached hydrogens (tertiary/aromatic N) is 3. The van der Waals surface area contributed by atoms with Gasteiger partial charge < -0.3 is 9.72 Å². The molecule has 3 rings (SSSR count). The van der Waals surface area contributed by atoms with E-state index < -0.39 is 0 Å². The molecule has 2 aromatic heterocycles. The predicted octanol–water partition coefficient (Wildman–Crippen LogP) is 1.05. The van der Waals surface area contributed by atoms with E-state index in [1.54, 1.807) is 0 Å². The summed E-state index contributed by atoms with van der Waals surface area (Å²) in [6.45, 7) is 7.54. The lowest BCUT2D eigenvalue weighted by molar-refractivity contribution is 0.233. The summed E-state index contributed by atoms with van der Waals surface area (Å²) in [4.78, 5) is 6.98. The molecule has 1 aliphatic heterocycles. The average molecular weight is 230 g/mol. The molecule has 0 spiro atoms. The quantitative estimate of drug-likeness (QED) is 0.837. The van der Waals surface area contributed by atoms with Crippen molar-refractivity contribution >= 4 is 5.65 Å². The Balaban J connectivity index is 1.79. The highest BCUT2D eigenvalue weighted by Gasteiger charge is 2.10. The monoisotopic (exact) mass is 230 g/mol. The van der Waals surface area contributed by atoms with Gasteiger partial charge in [0, 0.05) is 45.1 Å². The Morgan fingerprint density at radius 1 is 1.35 bits per heavy atom. The highest BCUT2D eigenvalue weighted by Crippen LogP contribution is 2.10. The van der Waals surface area contributed by atoms with Crippen LogP contribution in [0, 0.1) is 6.92 Å². The van der Waals surface area contributed by atoms with Crippen LogP contribution in [0.3, 0.4) is 0 Å². The van der Waals surface area contributed by atoms with E-state index >= 15 is 0 Å². The largest absolute Gasteiger partial charge is 0.314 e. The number of hydrogen-bond acceptors (Lipinski definition) is 3. The Kier molecular flexibility index (Phi) is 2.82. The molecule has 0 aromatic carbocycles. The van der Waals surface area contributed by atoms with E-state index in [9.17, 15) is 0 Å². The van der Waals surface area contributed by atoms with Crippen molar-refractivity contribution in [3.8, 4) is 0 Å². The molecule has 0 bridgehead atoms. The first-order valence-electron chi connectivity index (χ1n) is 6.18. The van der Waals surface area contributed by atoms with E-state index in [0.717, 1.165) is 44.1 Å². The fourth-order valence-electron chi connectivity index (χ4n) is 2.38. The molecule has 0 amide bonds. The van der Waals surface area contributed by atoms with Gasteiger partial charge in [0.15, 0.2) is 0 Å². The lowest BCUT2D eigenvalue weighted by Crippen LogP contribution is -2.42. The molecular formula is C13H18N4. The molecule has 2 aromatic rings. The van der Waals surface area contributed by atoms with Crippen molar-refractivity contribution in [1.82, 2.24) is 19.6 Å². The Morgan fingerprint density at radius 3 is 3.00 bits per heavy atom. The van der Waals surface area contributed by atoms with Crippen molar-refractivity contribution in [2.75, 3.05) is 26.2 Å². The number of fused-ring (bicyclic) bond motifs is 1. The summed E-state index contributed by atoms with van der Waals surface area (Å²) in [5, 5.41) is 3.38. The number of pyridine rings is 1. The van der Waals surface area contributed by atoms with E-state index in [2.05, 4.69) is 44.1 Å². The summed E-state index contributed by atoms with van der Waals surface area (Å²) in [6, 6.07) is 4.38. The molecule has 90 valence electrons. The standard InChI is InChI=1S/C13H18N4/c1-11-9-17-5-2-12(8-13(17)15-11)10-16-6-3-14-4-7-16/h2,5,8-9,14H,3-4,6-7,10H2,1H3. The van der Waals surface area contributed by atoms with Crippen LogP contribution in [0.2, 0.25) is 0 Å². The van der Waals surface area contributed by atoms with Crippen LogP contribution in [0.25, 0.3) is 5.65 Å². The fourth-order valence-corrected chi connectivity index (χ4v) is 2.38. The zero-order chi connectivity index (χ0) is 11.7. The molecule has 1 fully saturated rings. The minimum atomic E-state index is 1.03. The van der Waals surface area contributed by atoms with Crippen LogP contribution in [0.15, 0.2) is 24.5 Å². The maximum atomic E-state index is 4.50. The first kappa shape index (κ1) is 10.7. The molecule has 4 heteroatoms. The first-order valence-corrected chi connectivity index (χ1v) is 6.18. The summed E-state index contributed by atoms with van der Waals surface area (Å²) in [5.74, 6) is 0. The molecule has 0 radical (unpaired) electrons. The minimum Gasteiger partial charge on any atom is -0.314 e. The Hall–Kier alpha value is -1.39. The number of hydrogen-bond donors (Lipinski definition) is 1. The highest BCUT2D eigenvalue weighted by molar-refractivity contribution is 5.42. The number of rotatable bonds is 2. The van der Waals surface area contributed by atoms with Crippen molar-refractivity contribution in [3.63, 3.8) is 0 Å². The number of aryl methyl sites for hydroxylation is 1. The molecule has 1 saturated heterocycles. The molecule has 0 saturated carbocycles. The van der Waals surface area contributed by atoms with Crippen molar-refractivity contribution in [2.45, 2.75) is 13.5 Å². The van der Waals surface area contributed by atoms with Crippen molar-refractivity contribution in [1.29, 1.82) is 0 Å². The average Bonchev–Trinajstić information content (AvgIpc) is 2.70. The van der Waals surface area contributed by atoms with Gasteiger partial charge >= 0.3 is 0 Å². The molecular weight excluding hydrogens is 212 g/mol. The summed E-state index contributed by atoms with van der Waals surface area (Å²) in [6.07, 6.45) is 4.16. The van der Waals surface area contributed by atoms with Crippen LogP contribution in [0.5, 0.6) is 0 Å². The van der Waals surface area contributed by atoms with Gasteiger partial charge in [0.1, 0.15) is 5.65 Å². The smallest absolute Gasteiger partial charge is 0.137 e. The van der Waals surface area contributed by atoms with Crippen LogP contribution in [0.4, 0.5) is 0 Å². The van der Waals surface area contributed by atoms with Crippen molar-refractivity contribution in [3.05, 3.63) is 35.8 Å². The van der Waals surface area contributed by atoms with Gasteiger partial charge in [0.2, 0.25) is 0 Å². The topological polar surface area (TPSA) is 32.6 Å². The van der Waals surface area contributed by atoms with Crippen molar-refractivity contribution < 1.29 is 0 Å². The van der Waals surface area contributed by atoms with Gasteiger partial charge in [-0.05, 0) is 24.6 Å². The van der Waals surface area contributed by atoms with Gasteiger partial charge in [-0.15, -0.1) is 0 Å². The van der Waals surface area contributed by atoms with Gasteiger partial charge in [-0.1, -0.05) is 0 Å². The number of imidazole rings is 1. The molecule has 0 unspecified atom stereocenters. The molecule has 1 N–H and O–H groups in total. The maximum Gasteiger partial charge on any atom is 0.137 e. The normalized spacial score (nSPS) is 17.7. The third kappa shape index (κ3) is 2.33. The molecule has 4 nitrogen and oxygen atoms in total. The third-order valence-corrected chi connectivity index (χ3v) is 3.26. The Bertz CT molecular complexity index is 511. The number of nitrogens with one attached hydrogen (secondary N) is 1. The molecule has 0 aliphatic carbocycles. The second-order valence-electron chi connectivity index (χ2n) is 4.71. The van der Waals surface area contributed by atoms with Crippen LogP contribution >= 0.6 is 0 Å². The van der Waals surface area contributed by atoms with E-state index in [0.29, 0.717) is 0 Å². The van der Waals surface area contributed by atoms with E-state index in [1.165, 1.54) is 5.56 Å². The molecule has 0 atom stereocenters. The third-order valence-electron chi connectivity index (χ3n) is 3.26. The Labute approximate surface area is 101 Å². The van der Waals surface area contributed by atoms with Crippen LogP contribution in [-0.2, 0) is 6.54 Å². The van der Waals surface area contributed by atoms with E-state index in [-0.39, 0.29) is 0 Å². The van der Waals surface area contributed by atoms with Crippen LogP contribution in [0.1, 0.15) is 11.3 Å². The van der Waals surface area contributed by atoms with E-state index in [1.807, 2.05) is 6.92 Å². The lowest BCUT2D eigenvalue weighted by atomic mass is 10.2. The second-order valence-corrected chi connectivity index (χ2v) is 4.71. The van der Waals surface area contributed by atoms with Crippen molar-refractivity contribution in [2.24, 2.45) is 0 Å². The summed E-state index contributed by atoms with van der Waals surface area (Å²) < 4.78 is 2.08. The van der Waals surface area contributed by atoms with Gasteiger partial charge in [-0.25, -0.2) is 4.98 Å². The predicted molar refractivity (Wildman–Crippen MR) is 68.1 cm³/mol. The lowest BCUT2D eigenvalue weighted by Gasteiger charge is -2.27. The van der Waals surface area contributed by atoms with Gasteiger partial charge in [0.25, 0.3) is 0 Å². The molecule has 3 heterocycles. The zero-order valence-corrected chi connectivity index (χ0v) is 10.2. The second kappa shape index (κ2) is 4.47. The van der Waals surface area contributed by atoms with Gasteiger partial charge in [-0.2, -0.15) is 0 Å².